The highest BCUT2D eigenvalue weighted by Crippen LogP contribution is 2.46. The van der Waals surface area contributed by atoms with Gasteiger partial charge in [0.05, 0.1) is 0 Å². The molecule has 58 valence electrons. The highest BCUT2D eigenvalue weighted by atomic mass is 79.9. The fraction of sp³-hybridized carbons (Fsp3) is 0.444. The van der Waals surface area contributed by atoms with Gasteiger partial charge in [0.2, 0.25) is 0 Å². The Balaban J connectivity index is 2.38. The summed E-state index contributed by atoms with van der Waals surface area (Å²) in [5.41, 5.74) is 1.62. The van der Waals surface area contributed by atoms with Crippen LogP contribution in [0.25, 0.3) is 0 Å². The van der Waals surface area contributed by atoms with Crippen LogP contribution >= 0.6 is 15.9 Å². The lowest BCUT2D eigenvalue weighted by Crippen LogP contribution is -2.02. The molecule has 1 aromatic heterocycles. The van der Waals surface area contributed by atoms with Crippen molar-refractivity contribution in [1.82, 2.24) is 4.98 Å². The summed E-state index contributed by atoms with van der Waals surface area (Å²) < 4.78 is 0.947. The molecule has 1 heterocycles. The zero-order valence-corrected chi connectivity index (χ0v) is 8.06. The first-order valence-electron chi connectivity index (χ1n) is 3.84. The second kappa shape index (κ2) is 2.31. The van der Waals surface area contributed by atoms with E-state index in [-0.39, 0.29) is 0 Å². The fourth-order valence-electron chi connectivity index (χ4n) is 1.19. The fourth-order valence-corrected chi connectivity index (χ4v) is 1.53. The quantitative estimate of drug-likeness (QED) is 0.652. The van der Waals surface area contributed by atoms with E-state index in [0.717, 1.165) is 4.60 Å². The Hall–Kier alpha value is -0.370. The third kappa shape index (κ3) is 1.32. The van der Waals surface area contributed by atoms with Crippen LogP contribution in [-0.2, 0) is 5.41 Å². The molecule has 0 atom stereocenters. The smallest absolute Gasteiger partial charge is 0.106 e. The molecule has 11 heavy (non-hydrogen) atoms. The van der Waals surface area contributed by atoms with Crippen molar-refractivity contribution in [3.8, 4) is 0 Å². The molecule has 0 aromatic carbocycles. The number of nitrogens with zero attached hydrogens (tertiary/aromatic N) is 1. The van der Waals surface area contributed by atoms with Crippen molar-refractivity contribution in [2.75, 3.05) is 0 Å². The Bertz CT molecular complexity index is 279. The number of pyridine rings is 1. The Morgan fingerprint density at radius 3 is 2.73 bits per heavy atom. The Morgan fingerprint density at radius 1 is 1.45 bits per heavy atom. The maximum absolute atomic E-state index is 4.42. The SMILES string of the molecule is CC1(c2cccc(Br)n2)CC1. The van der Waals surface area contributed by atoms with Gasteiger partial charge in [-0.05, 0) is 40.9 Å². The van der Waals surface area contributed by atoms with Crippen LogP contribution in [0.5, 0.6) is 0 Å². The second-order valence-corrected chi connectivity index (χ2v) is 4.22. The Labute approximate surface area is 75.0 Å². The average molecular weight is 212 g/mol. The van der Waals surface area contributed by atoms with E-state index in [1.54, 1.807) is 0 Å². The molecule has 0 radical (unpaired) electrons. The lowest BCUT2D eigenvalue weighted by Gasteiger charge is -2.06. The van der Waals surface area contributed by atoms with Crippen molar-refractivity contribution >= 4 is 15.9 Å². The minimum atomic E-state index is 0.393. The van der Waals surface area contributed by atoms with Gasteiger partial charge in [0.25, 0.3) is 0 Å². The molecule has 2 heteroatoms. The monoisotopic (exact) mass is 211 g/mol. The van der Waals surface area contributed by atoms with Crippen LogP contribution in [0.4, 0.5) is 0 Å². The van der Waals surface area contributed by atoms with Gasteiger partial charge in [0, 0.05) is 11.1 Å². The number of rotatable bonds is 1. The predicted molar refractivity (Wildman–Crippen MR) is 48.5 cm³/mol. The molecule has 0 N–H and O–H groups in total. The van der Waals surface area contributed by atoms with Crippen molar-refractivity contribution in [3.05, 3.63) is 28.5 Å². The predicted octanol–water partition coefficient (Wildman–Crippen LogP) is 2.90. The van der Waals surface area contributed by atoms with Crippen LogP contribution in [0.1, 0.15) is 25.5 Å². The summed E-state index contributed by atoms with van der Waals surface area (Å²) in [6, 6.07) is 6.13. The largest absolute Gasteiger partial charge is 0.245 e. The highest BCUT2D eigenvalue weighted by Gasteiger charge is 2.40. The highest BCUT2D eigenvalue weighted by molar-refractivity contribution is 9.10. The Kier molecular flexibility index (Phi) is 1.53. The summed E-state index contributed by atoms with van der Waals surface area (Å²) in [5.74, 6) is 0. The molecule has 0 unspecified atom stereocenters. The second-order valence-electron chi connectivity index (χ2n) is 3.41. The van der Waals surface area contributed by atoms with Gasteiger partial charge in [0.1, 0.15) is 4.60 Å². The molecule has 0 saturated heterocycles. The Morgan fingerprint density at radius 2 is 2.18 bits per heavy atom. The van der Waals surface area contributed by atoms with E-state index in [1.807, 2.05) is 6.07 Å². The van der Waals surface area contributed by atoms with E-state index >= 15 is 0 Å². The van der Waals surface area contributed by atoms with Gasteiger partial charge < -0.3 is 0 Å². The van der Waals surface area contributed by atoms with Crippen molar-refractivity contribution in [2.24, 2.45) is 0 Å². The van der Waals surface area contributed by atoms with Gasteiger partial charge >= 0.3 is 0 Å². The third-order valence-corrected chi connectivity index (χ3v) is 2.78. The van der Waals surface area contributed by atoms with Gasteiger partial charge in [-0.25, -0.2) is 4.98 Å². The molecule has 1 nitrogen and oxygen atoms in total. The number of hydrogen-bond acceptors (Lipinski definition) is 1. The number of halogens is 1. The average Bonchev–Trinajstić information content (AvgIpc) is 2.70. The van der Waals surface area contributed by atoms with Gasteiger partial charge in [0.15, 0.2) is 0 Å². The molecule has 1 saturated carbocycles. The van der Waals surface area contributed by atoms with Crippen LogP contribution in [-0.4, -0.2) is 4.98 Å². The first-order valence-corrected chi connectivity index (χ1v) is 4.63. The minimum Gasteiger partial charge on any atom is -0.245 e. The maximum Gasteiger partial charge on any atom is 0.106 e. The van der Waals surface area contributed by atoms with E-state index in [1.165, 1.54) is 18.5 Å². The first kappa shape index (κ1) is 7.29. The lowest BCUT2D eigenvalue weighted by atomic mass is 10.1. The molecule has 0 aliphatic heterocycles. The van der Waals surface area contributed by atoms with Gasteiger partial charge in [-0.1, -0.05) is 13.0 Å². The lowest BCUT2D eigenvalue weighted by molar-refractivity contribution is 0.747. The molecule has 0 bridgehead atoms. The van der Waals surface area contributed by atoms with E-state index in [2.05, 4.69) is 40.0 Å². The van der Waals surface area contributed by atoms with E-state index in [9.17, 15) is 0 Å². The molecule has 1 aromatic rings. The maximum atomic E-state index is 4.42. The molecule has 1 fully saturated rings. The normalized spacial score (nSPS) is 19.8. The summed E-state index contributed by atoms with van der Waals surface area (Å²) >= 11 is 3.37. The van der Waals surface area contributed by atoms with Crippen molar-refractivity contribution in [2.45, 2.75) is 25.2 Å². The first-order chi connectivity index (χ1) is 5.21. The summed E-state index contributed by atoms with van der Waals surface area (Å²) in [6.07, 6.45) is 2.58. The van der Waals surface area contributed by atoms with Crippen LogP contribution < -0.4 is 0 Å². The van der Waals surface area contributed by atoms with E-state index in [4.69, 9.17) is 0 Å². The zero-order valence-electron chi connectivity index (χ0n) is 6.47. The van der Waals surface area contributed by atoms with Crippen LogP contribution in [0.15, 0.2) is 22.8 Å². The molecular weight excluding hydrogens is 202 g/mol. The van der Waals surface area contributed by atoms with Crippen molar-refractivity contribution in [1.29, 1.82) is 0 Å². The molecule has 1 aliphatic carbocycles. The van der Waals surface area contributed by atoms with Crippen LogP contribution in [0.3, 0.4) is 0 Å². The van der Waals surface area contributed by atoms with E-state index in [0.29, 0.717) is 5.41 Å². The van der Waals surface area contributed by atoms with Crippen molar-refractivity contribution in [3.63, 3.8) is 0 Å². The summed E-state index contributed by atoms with van der Waals surface area (Å²) in [6.45, 7) is 2.27. The number of aromatic nitrogens is 1. The molecular formula is C9H10BrN. The topological polar surface area (TPSA) is 12.9 Å². The van der Waals surface area contributed by atoms with Gasteiger partial charge in [-0.15, -0.1) is 0 Å². The van der Waals surface area contributed by atoms with Gasteiger partial charge in [-0.2, -0.15) is 0 Å². The molecule has 1 aliphatic rings. The summed E-state index contributed by atoms with van der Waals surface area (Å²) in [7, 11) is 0. The van der Waals surface area contributed by atoms with Crippen LogP contribution in [0.2, 0.25) is 0 Å². The molecule has 2 rings (SSSR count). The number of hydrogen-bond donors (Lipinski definition) is 0. The van der Waals surface area contributed by atoms with E-state index < -0.39 is 0 Å². The van der Waals surface area contributed by atoms with Gasteiger partial charge in [-0.3, -0.25) is 0 Å². The standard InChI is InChI=1S/C9H10BrN/c1-9(5-6-9)7-3-2-4-8(10)11-7/h2-4H,5-6H2,1H3. The third-order valence-electron chi connectivity index (χ3n) is 2.33. The van der Waals surface area contributed by atoms with Crippen LogP contribution in [0, 0.1) is 0 Å². The zero-order chi connectivity index (χ0) is 7.90. The summed E-state index contributed by atoms with van der Waals surface area (Å²) in [5, 5.41) is 0. The molecule has 0 amide bonds. The minimum absolute atomic E-state index is 0.393. The molecule has 0 spiro atoms. The van der Waals surface area contributed by atoms with Crippen molar-refractivity contribution < 1.29 is 0 Å². The summed E-state index contributed by atoms with van der Waals surface area (Å²) in [4.78, 5) is 4.42.